The molecule has 5 heteroatoms. The van der Waals surface area contributed by atoms with E-state index >= 15 is 0 Å². The van der Waals surface area contributed by atoms with Crippen LogP contribution in [-0.4, -0.2) is 22.2 Å². The van der Waals surface area contributed by atoms with Gasteiger partial charge in [-0.3, -0.25) is 4.79 Å². The Morgan fingerprint density at radius 1 is 1.40 bits per heavy atom. The van der Waals surface area contributed by atoms with Crippen molar-refractivity contribution in [3.63, 3.8) is 0 Å². The van der Waals surface area contributed by atoms with E-state index in [1.54, 1.807) is 9.58 Å². The summed E-state index contributed by atoms with van der Waals surface area (Å²) in [5.41, 5.74) is 4.30. The highest BCUT2D eigenvalue weighted by Crippen LogP contribution is 2.26. The van der Waals surface area contributed by atoms with Crippen molar-refractivity contribution in [2.45, 2.75) is 25.9 Å². The van der Waals surface area contributed by atoms with Crippen molar-refractivity contribution in [3.8, 4) is 0 Å². The van der Waals surface area contributed by atoms with Crippen molar-refractivity contribution in [2.24, 2.45) is 12.9 Å². The number of aryl methyl sites for hydroxylation is 1. The van der Waals surface area contributed by atoms with E-state index in [-0.39, 0.29) is 11.6 Å². The quantitative estimate of drug-likeness (QED) is 0.731. The van der Waals surface area contributed by atoms with Crippen LogP contribution in [0.3, 0.4) is 0 Å². The highest BCUT2D eigenvalue weighted by atomic mass is 16.1. The van der Waals surface area contributed by atoms with Gasteiger partial charge >= 0.3 is 0 Å². The molecule has 3 heterocycles. The van der Waals surface area contributed by atoms with Crippen LogP contribution in [0.4, 0.5) is 0 Å². The highest BCUT2D eigenvalue weighted by molar-refractivity contribution is 5.77. The Hall–Kier alpha value is -1.85. The fourth-order valence-electron chi connectivity index (χ4n) is 2.79. The van der Waals surface area contributed by atoms with Gasteiger partial charge in [-0.05, 0) is 25.5 Å². The number of fused-ring (bicyclic) bond motifs is 1. The van der Waals surface area contributed by atoms with Crippen LogP contribution in [0.2, 0.25) is 0 Å². The number of allylic oxidation sites excluding steroid dienone is 2. The molecule has 0 amide bonds. The average molecular weight is 272 g/mol. The zero-order chi connectivity index (χ0) is 14.3. The highest BCUT2D eigenvalue weighted by Gasteiger charge is 2.20. The molecule has 3 rings (SSSR count). The molecule has 3 N–H and O–H groups in total. The van der Waals surface area contributed by atoms with E-state index in [0.717, 1.165) is 41.8 Å². The van der Waals surface area contributed by atoms with Gasteiger partial charge in [0.05, 0.1) is 6.04 Å². The molecule has 0 saturated carbocycles. The summed E-state index contributed by atoms with van der Waals surface area (Å²) in [4.78, 5) is 12.2. The number of aromatic nitrogens is 1. The Morgan fingerprint density at radius 3 is 2.95 bits per heavy atom. The second-order valence-electron chi connectivity index (χ2n) is 5.47. The summed E-state index contributed by atoms with van der Waals surface area (Å²) in [6.45, 7) is 3.65. The topological polar surface area (TPSA) is 63.3 Å². The predicted molar refractivity (Wildman–Crippen MR) is 79.7 cm³/mol. The summed E-state index contributed by atoms with van der Waals surface area (Å²) in [5, 5.41) is 5.04. The summed E-state index contributed by atoms with van der Waals surface area (Å²) in [6.07, 6.45) is 8.80. The number of nitrogens with zero attached hydrogens (tertiary/aromatic N) is 2. The monoisotopic (exact) mass is 272 g/mol. The molecule has 1 unspecified atom stereocenters. The van der Waals surface area contributed by atoms with E-state index in [1.807, 2.05) is 26.4 Å². The second-order valence-corrected chi connectivity index (χ2v) is 5.47. The fourth-order valence-corrected chi connectivity index (χ4v) is 2.79. The van der Waals surface area contributed by atoms with E-state index in [0.29, 0.717) is 0 Å². The summed E-state index contributed by atoms with van der Waals surface area (Å²) < 4.78 is 1.67. The third-order valence-corrected chi connectivity index (χ3v) is 4.07. The van der Waals surface area contributed by atoms with Crippen LogP contribution in [0.5, 0.6) is 0 Å². The maximum Gasteiger partial charge on any atom is 0.253 e. The zero-order valence-corrected chi connectivity index (χ0v) is 11.9. The first kappa shape index (κ1) is 13.1. The number of rotatable bonds is 1. The lowest BCUT2D eigenvalue weighted by atomic mass is 9.93. The summed E-state index contributed by atoms with van der Waals surface area (Å²) in [6, 6.07) is 0.195. The van der Waals surface area contributed by atoms with Gasteiger partial charge < -0.3 is 14.9 Å². The van der Waals surface area contributed by atoms with Gasteiger partial charge in [-0.15, -0.1) is 0 Å². The minimum atomic E-state index is 0.114. The van der Waals surface area contributed by atoms with Crippen molar-refractivity contribution in [1.82, 2.24) is 14.9 Å². The normalized spacial score (nSPS) is 21.6. The maximum atomic E-state index is 12.2. The van der Waals surface area contributed by atoms with Crippen molar-refractivity contribution in [3.05, 3.63) is 51.6 Å². The molecular formula is C15H20N4O. The molecule has 0 fully saturated rings. The van der Waals surface area contributed by atoms with Gasteiger partial charge in [0.15, 0.2) is 0 Å². The van der Waals surface area contributed by atoms with Crippen LogP contribution < -0.4 is 16.7 Å². The predicted octanol–water partition coefficient (Wildman–Crippen LogP) is 0.506. The Bertz CT molecular complexity index is 657. The zero-order valence-electron chi connectivity index (χ0n) is 11.9. The van der Waals surface area contributed by atoms with E-state index in [4.69, 9.17) is 5.84 Å². The van der Waals surface area contributed by atoms with Gasteiger partial charge in [0.25, 0.3) is 5.56 Å². The van der Waals surface area contributed by atoms with E-state index in [2.05, 4.69) is 17.5 Å². The van der Waals surface area contributed by atoms with Crippen LogP contribution in [0.1, 0.15) is 23.6 Å². The standard InChI is InChI=1S/C15H20N4O/c1-10-3-4-11(8-19(10)16)14-9-18(2)15(20)12-5-6-17-7-13(12)14/h3-4,8-10,17H,5-7,16H2,1-2H3. The molecule has 5 nitrogen and oxygen atoms in total. The van der Waals surface area contributed by atoms with Crippen LogP contribution in [0, 0.1) is 0 Å². The Kier molecular flexibility index (Phi) is 3.23. The molecule has 2 aliphatic rings. The summed E-state index contributed by atoms with van der Waals surface area (Å²) in [5.74, 6) is 5.97. The third-order valence-electron chi connectivity index (χ3n) is 4.07. The fraction of sp³-hybridized carbons (Fsp3) is 0.400. The van der Waals surface area contributed by atoms with Crippen LogP contribution in [0.15, 0.2) is 29.3 Å². The minimum absolute atomic E-state index is 0.114. The van der Waals surface area contributed by atoms with Crippen molar-refractivity contribution >= 4 is 5.57 Å². The van der Waals surface area contributed by atoms with E-state index < -0.39 is 0 Å². The number of hydrogen-bond donors (Lipinski definition) is 2. The first-order valence-corrected chi connectivity index (χ1v) is 6.93. The Morgan fingerprint density at radius 2 is 2.20 bits per heavy atom. The van der Waals surface area contributed by atoms with Crippen molar-refractivity contribution in [2.75, 3.05) is 6.54 Å². The number of nitrogens with two attached hydrogens (primary N) is 1. The smallest absolute Gasteiger partial charge is 0.253 e. The van der Waals surface area contributed by atoms with Crippen LogP contribution in [-0.2, 0) is 20.0 Å². The molecule has 0 saturated heterocycles. The lowest BCUT2D eigenvalue weighted by Crippen LogP contribution is -2.36. The first-order valence-electron chi connectivity index (χ1n) is 6.93. The molecule has 20 heavy (non-hydrogen) atoms. The van der Waals surface area contributed by atoms with Gasteiger partial charge in [0, 0.05) is 42.7 Å². The van der Waals surface area contributed by atoms with Gasteiger partial charge in [-0.25, -0.2) is 5.84 Å². The summed E-state index contributed by atoms with van der Waals surface area (Å²) in [7, 11) is 1.81. The molecule has 1 atom stereocenters. The largest absolute Gasteiger partial charge is 0.318 e. The van der Waals surface area contributed by atoms with Crippen molar-refractivity contribution in [1.29, 1.82) is 0 Å². The Balaban J connectivity index is 2.15. The summed E-state index contributed by atoms with van der Waals surface area (Å²) >= 11 is 0. The molecule has 0 aliphatic carbocycles. The second kappa shape index (κ2) is 4.92. The van der Waals surface area contributed by atoms with Gasteiger partial charge in [-0.1, -0.05) is 12.2 Å². The SMILES string of the molecule is CC1C=CC(c2cn(C)c(=O)c3c2CNCC3)=CN1N. The molecular weight excluding hydrogens is 252 g/mol. The van der Waals surface area contributed by atoms with E-state index in [9.17, 15) is 4.79 Å². The van der Waals surface area contributed by atoms with Crippen LogP contribution >= 0.6 is 0 Å². The van der Waals surface area contributed by atoms with Gasteiger partial charge in [0.2, 0.25) is 0 Å². The molecule has 0 bridgehead atoms. The van der Waals surface area contributed by atoms with E-state index in [1.165, 1.54) is 0 Å². The molecule has 0 radical (unpaired) electrons. The van der Waals surface area contributed by atoms with Gasteiger partial charge in [-0.2, -0.15) is 0 Å². The van der Waals surface area contributed by atoms with Gasteiger partial charge in [0.1, 0.15) is 0 Å². The third kappa shape index (κ3) is 2.09. The first-order chi connectivity index (χ1) is 9.58. The number of hydrogen-bond acceptors (Lipinski definition) is 4. The number of pyridine rings is 1. The molecule has 0 aromatic carbocycles. The maximum absolute atomic E-state index is 12.2. The Labute approximate surface area is 118 Å². The molecule has 106 valence electrons. The lowest BCUT2D eigenvalue weighted by molar-refractivity contribution is 0.348. The number of nitrogens with one attached hydrogen (secondary N) is 1. The molecule has 0 spiro atoms. The lowest BCUT2D eigenvalue weighted by Gasteiger charge is -2.27. The van der Waals surface area contributed by atoms with Crippen molar-refractivity contribution < 1.29 is 0 Å². The minimum Gasteiger partial charge on any atom is -0.318 e. The average Bonchev–Trinajstić information content (AvgIpc) is 2.46. The molecule has 2 aliphatic heterocycles. The number of hydrazine groups is 1. The van der Waals surface area contributed by atoms with Crippen LogP contribution in [0.25, 0.3) is 5.57 Å². The molecule has 1 aromatic heterocycles. The molecule has 1 aromatic rings.